The van der Waals surface area contributed by atoms with Crippen LogP contribution in [-0.2, 0) is 9.53 Å². The number of ether oxygens (including phenoxy) is 1. The Balaban J connectivity index is 2.35. The monoisotopic (exact) mass is 198 g/mol. The molecule has 1 N–H and O–H groups in total. The van der Waals surface area contributed by atoms with Crippen LogP contribution in [0.4, 0.5) is 0 Å². The van der Waals surface area contributed by atoms with Gasteiger partial charge >= 0.3 is 5.97 Å². The van der Waals surface area contributed by atoms with Gasteiger partial charge in [-0.05, 0) is 32.6 Å². The van der Waals surface area contributed by atoms with Crippen molar-refractivity contribution >= 4 is 5.97 Å². The minimum Gasteiger partial charge on any atom is -0.464 e. The lowest BCUT2D eigenvalue weighted by atomic mass is 9.95. The van der Waals surface area contributed by atoms with Gasteiger partial charge in [-0.15, -0.1) is 0 Å². The van der Waals surface area contributed by atoms with E-state index in [0.29, 0.717) is 13.0 Å². The van der Waals surface area contributed by atoms with E-state index < -0.39 is 12.1 Å². The molecule has 0 radical (unpaired) electrons. The fourth-order valence-corrected chi connectivity index (χ4v) is 1.66. The van der Waals surface area contributed by atoms with Crippen LogP contribution in [0.15, 0.2) is 11.6 Å². The molecule has 0 amide bonds. The molecule has 14 heavy (non-hydrogen) atoms. The Morgan fingerprint density at radius 3 is 3.00 bits per heavy atom. The summed E-state index contributed by atoms with van der Waals surface area (Å²) < 4.78 is 4.73. The van der Waals surface area contributed by atoms with E-state index in [1.807, 2.05) is 0 Å². The predicted molar refractivity (Wildman–Crippen MR) is 53.8 cm³/mol. The van der Waals surface area contributed by atoms with E-state index in [9.17, 15) is 9.90 Å². The van der Waals surface area contributed by atoms with Crippen LogP contribution in [0.5, 0.6) is 0 Å². The second-order valence-electron chi connectivity index (χ2n) is 3.58. The predicted octanol–water partition coefficient (Wildman–Crippen LogP) is 1.80. The van der Waals surface area contributed by atoms with E-state index in [-0.39, 0.29) is 0 Å². The van der Waals surface area contributed by atoms with Gasteiger partial charge in [0.15, 0.2) is 6.10 Å². The van der Waals surface area contributed by atoms with Gasteiger partial charge in [-0.1, -0.05) is 11.6 Å². The topological polar surface area (TPSA) is 46.5 Å². The van der Waals surface area contributed by atoms with Crippen molar-refractivity contribution in [1.82, 2.24) is 0 Å². The lowest BCUT2D eigenvalue weighted by Crippen LogP contribution is -2.23. The Labute approximate surface area is 84.8 Å². The number of esters is 1. The number of carbonyl (C=O) groups excluding carboxylic acids is 1. The molecule has 0 spiro atoms. The maximum absolute atomic E-state index is 11.1. The number of rotatable bonds is 4. The van der Waals surface area contributed by atoms with Gasteiger partial charge < -0.3 is 9.84 Å². The van der Waals surface area contributed by atoms with E-state index in [1.54, 1.807) is 6.92 Å². The van der Waals surface area contributed by atoms with Gasteiger partial charge in [0.1, 0.15) is 0 Å². The van der Waals surface area contributed by atoms with Crippen LogP contribution < -0.4 is 0 Å². The molecule has 3 nitrogen and oxygen atoms in total. The summed E-state index contributed by atoms with van der Waals surface area (Å²) in [6.07, 6.45) is 6.08. The van der Waals surface area contributed by atoms with Crippen LogP contribution in [0.2, 0.25) is 0 Å². The van der Waals surface area contributed by atoms with Crippen LogP contribution >= 0.6 is 0 Å². The van der Waals surface area contributed by atoms with Crippen molar-refractivity contribution in [3.63, 3.8) is 0 Å². The number of carbonyl (C=O) groups is 1. The molecule has 1 rings (SSSR count). The average molecular weight is 198 g/mol. The highest BCUT2D eigenvalue weighted by atomic mass is 16.5. The van der Waals surface area contributed by atoms with Gasteiger partial charge in [0, 0.05) is 6.42 Å². The number of aliphatic hydroxyl groups is 1. The largest absolute Gasteiger partial charge is 0.464 e. The van der Waals surface area contributed by atoms with E-state index in [0.717, 1.165) is 12.8 Å². The maximum atomic E-state index is 11.1. The highest BCUT2D eigenvalue weighted by molar-refractivity contribution is 5.74. The first-order chi connectivity index (χ1) is 6.74. The third kappa shape index (κ3) is 3.50. The van der Waals surface area contributed by atoms with Crippen molar-refractivity contribution < 1.29 is 14.6 Å². The van der Waals surface area contributed by atoms with Gasteiger partial charge in [0.25, 0.3) is 0 Å². The molecule has 3 heteroatoms. The molecule has 0 saturated carbocycles. The summed E-state index contributed by atoms with van der Waals surface area (Å²) in [5.41, 5.74) is 1.19. The molecule has 0 fully saturated rings. The average Bonchev–Trinajstić information content (AvgIpc) is 2.19. The van der Waals surface area contributed by atoms with Gasteiger partial charge in [-0.3, -0.25) is 0 Å². The van der Waals surface area contributed by atoms with Crippen LogP contribution in [-0.4, -0.2) is 23.8 Å². The highest BCUT2D eigenvalue weighted by Crippen LogP contribution is 2.21. The summed E-state index contributed by atoms with van der Waals surface area (Å²) in [6.45, 7) is 2.07. The van der Waals surface area contributed by atoms with E-state index in [1.165, 1.54) is 18.4 Å². The molecule has 80 valence electrons. The van der Waals surface area contributed by atoms with Crippen molar-refractivity contribution in [2.45, 2.75) is 45.1 Å². The molecule has 0 aromatic carbocycles. The Morgan fingerprint density at radius 2 is 2.43 bits per heavy atom. The summed E-state index contributed by atoms with van der Waals surface area (Å²) in [6, 6.07) is 0. The zero-order valence-corrected chi connectivity index (χ0v) is 8.66. The Morgan fingerprint density at radius 1 is 1.64 bits per heavy atom. The Hall–Kier alpha value is -0.830. The molecule has 1 aliphatic carbocycles. The van der Waals surface area contributed by atoms with Crippen molar-refractivity contribution in [1.29, 1.82) is 0 Å². The second kappa shape index (κ2) is 5.81. The second-order valence-corrected chi connectivity index (χ2v) is 3.58. The first kappa shape index (κ1) is 11.2. The first-order valence-electron chi connectivity index (χ1n) is 5.26. The number of aliphatic hydroxyl groups excluding tert-OH is 1. The molecule has 0 aliphatic heterocycles. The summed E-state index contributed by atoms with van der Waals surface area (Å²) in [7, 11) is 0. The molecule has 0 heterocycles. The lowest BCUT2D eigenvalue weighted by Gasteiger charge is -2.15. The lowest BCUT2D eigenvalue weighted by molar-refractivity contribution is -0.152. The SMILES string of the molecule is CCOC(=O)C(O)CC1=CCCCC1. The summed E-state index contributed by atoms with van der Waals surface area (Å²) in [4.78, 5) is 11.1. The highest BCUT2D eigenvalue weighted by Gasteiger charge is 2.18. The van der Waals surface area contributed by atoms with Crippen LogP contribution in [0.3, 0.4) is 0 Å². The quantitative estimate of drug-likeness (QED) is 0.553. The zero-order chi connectivity index (χ0) is 10.4. The van der Waals surface area contributed by atoms with E-state index in [2.05, 4.69) is 6.08 Å². The minimum atomic E-state index is -0.973. The van der Waals surface area contributed by atoms with Crippen molar-refractivity contribution in [2.75, 3.05) is 6.61 Å². The number of hydrogen-bond donors (Lipinski definition) is 1. The molecular formula is C11H18O3. The maximum Gasteiger partial charge on any atom is 0.335 e. The fraction of sp³-hybridized carbons (Fsp3) is 0.727. The van der Waals surface area contributed by atoms with E-state index in [4.69, 9.17) is 4.74 Å². The van der Waals surface area contributed by atoms with Gasteiger partial charge in [0.2, 0.25) is 0 Å². The fourth-order valence-electron chi connectivity index (χ4n) is 1.66. The first-order valence-corrected chi connectivity index (χ1v) is 5.26. The molecular weight excluding hydrogens is 180 g/mol. The number of hydrogen-bond acceptors (Lipinski definition) is 3. The summed E-state index contributed by atoms with van der Waals surface area (Å²) in [5, 5.41) is 9.49. The number of allylic oxidation sites excluding steroid dienone is 1. The van der Waals surface area contributed by atoms with Crippen LogP contribution in [0.1, 0.15) is 39.0 Å². The van der Waals surface area contributed by atoms with Crippen molar-refractivity contribution in [2.24, 2.45) is 0 Å². The molecule has 1 unspecified atom stereocenters. The minimum absolute atomic E-state index is 0.328. The standard InChI is InChI=1S/C11H18O3/c1-2-14-11(13)10(12)8-9-6-4-3-5-7-9/h6,10,12H,2-5,7-8H2,1H3. The molecule has 0 aromatic heterocycles. The zero-order valence-electron chi connectivity index (χ0n) is 8.66. The van der Waals surface area contributed by atoms with Crippen LogP contribution in [0.25, 0.3) is 0 Å². The summed E-state index contributed by atoms with van der Waals surface area (Å²) >= 11 is 0. The van der Waals surface area contributed by atoms with Crippen molar-refractivity contribution in [3.8, 4) is 0 Å². The molecule has 0 saturated heterocycles. The molecule has 0 aromatic rings. The van der Waals surface area contributed by atoms with Crippen LogP contribution in [0, 0.1) is 0 Å². The third-order valence-electron chi connectivity index (χ3n) is 2.40. The third-order valence-corrected chi connectivity index (χ3v) is 2.40. The Kier molecular flexibility index (Phi) is 4.66. The van der Waals surface area contributed by atoms with Gasteiger partial charge in [0.05, 0.1) is 6.61 Å². The molecule has 1 atom stereocenters. The smallest absolute Gasteiger partial charge is 0.335 e. The van der Waals surface area contributed by atoms with Gasteiger partial charge in [-0.25, -0.2) is 4.79 Å². The van der Waals surface area contributed by atoms with Gasteiger partial charge in [-0.2, -0.15) is 0 Å². The van der Waals surface area contributed by atoms with Crippen molar-refractivity contribution in [3.05, 3.63) is 11.6 Å². The Bertz CT molecular complexity index is 221. The van der Waals surface area contributed by atoms with E-state index >= 15 is 0 Å². The molecule has 1 aliphatic rings. The normalized spacial score (nSPS) is 18.6. The molecule has 0 bridgehead atoms. The summed E-state index contributed by atoms with van der Waals surface area (Å²) in [5.74, 6) is -0.501.